The van der Waals surface area contributed by atoms with Crippen LogP contribution in [0.1, 0.15) is 36.0 Å². The predicted octanol–water partition coefficient (Wildman–Crippen LogP) is 2.31. The first-order valence-electron chi connectivity index (χ1n) is 10.1. The lowest BCUT2D eigenvalue weighted by atomic mass is 9.98. The molecule has 1 N–H and O–H groups in total. The number of carbonyl (C=O) groups excluding carboxylic acids is 1. The van der Waals surface area contributed by atoms with E-state index < -0.39 is 0 Å². The molecule has 7 nitrogen and oxygen atoms in total. The van der Waals surface area contributed by atoms with Crippen LogP contribution in [0.2, 0.25) is 0 Å². The number of fused-ring (bicyclic) bond motifs is 2. The van der Waals surface area contributed by atoms with Gasteiger partial charge in [0, 0.05) is 30.7 Å². The van der Waals surface area contributed by atoms with E-state index in [4.69, 9.17) is 9.26 Å². The summed E-state index contributed by atoms with van der Waals surface area (Å²) in [6.45, 7) is 2.60. The maximum atomic E-state index is 13.8. The third kappa shape index (κ3) is 2.99. The molecule has 0 saturated carbocycles. The Labute approximate surface area is 163 Å². The maximum Gasteiger partial charge on any atom is 0.262 e. The van der Waals surface area contributed by atoms with Crippen molar-refractivity contribution in [3.05, 3.63) is 35.9 Å². The number of morpholine rings is 1. The number of ether oxygens (including phenoxy) is 1. The summed E-state index contributed by atoms with van der Waals surface area (Å²) in [5.41, 5.74) is 1.39. The van der Waals surface area contributed by atoms with Crippen LogP contribution in [-0.4, -0.2) is 65.6 Å². The van der Waals surface area contributed by atoms with Crippen molar-refractivity contribution >= 4 is 11.7 Å². The van der Waals surface area contributed by atoms with Gasteiger partial charge in [0.25, 0.3) is 5.91 Å². The van der Waals surface area contributed by atoms with Crippen LogP contribution in [0.3, 0.4) is 0 Å². The van der Waals surface area contributed by atoms with Gasteiger partial charge in [0.15, 0.2) is 11.6 Å². The average molecular weight is 383 g/mol. The molecule has 1 amide bonds. The molecule has 3 aliphatic heterocycles. The minimum absolute atomic E-state index is 0.0269. The summed E-state index contributed by atoms with van der Waals surface area (Å²) >= 11 is 0. The standard InChI is InChI=1S/C21H25N3O4/c25-17-12-15-6-7-16(13-17)24(15)21(26)18-19(14-4-2-1-3-5-14)28-22-20(18)23-8-10-27-11-9-23/h1-5,15-17,25H,6-13H2/t15-,16+,17?. The van der Waals surface area contributed by atoms with Crippen LogP contribution in [0, 0.1) is 0 Å². The second kappa shape index (κ2) is 7.22. The van der Waals surface area contributed by atoms with Crippen LogP contribution < -0.4 is 4.90 Å². The second-order valence-electron chi connectivity index (χ2n) is 7.90. The Morgan fingerprint density at radius 3 is 2.43 bits per heavy atom. The zero-order chi connectivity index (χ0) is 19.1. The fourth-order valence-corrected chi connectivity index (χ4v) is 4.86. The van der Waals surface area contributed by atoms with Gasteiger partial charge in [-0.05, 0) is 25.7 Å². The summed E-state index contributed by atoms with van der Waals surface area (Å²) in [6.07, 6.45) is 2.90. The van der Waals surface area contributed by atoms with E-state index in [9.17, 15) is 9.90 Å². The van der Waals surface area contributed by atoms with E-state index in [1.54, 1.807) is 0 Å². The maximum absolute atomic E-state index is 13.8. The molecule has 1 unspecified atom stereocenters. The Balaban J connectivity index is 1.56. The van der Waals surface area contributed by atoms with Crippen LogP contribution in [0.15, 0.2) is 34.9 Å². The van der Waals surface area contributed by atoms with E-state index in [-0.39, 0.29) is 24.1 Å². The summed E-state index contributed by atoms with van der Waals surface area (Å²) in [5, 5.41) is 14.4. The highest BCUT2D eigenvalue weighted by Crippen LogP contribution is 2.40. The Kier molecular flexibility index (Phi) is 4.56. The number of amides is 1. The first-order chi connectivity index (χ1) is 13.7. The van der Waals surface area contributed by atoms with Crippen molar-refractivity contribution < 1.29 is 19.2 Å². The Bertz CT molecular complexity index is 833. The largest absolute Gasteiger partial charge is 0.393 e. The van der Waals surface area contributed by atoms with Crippen molar-refractivity contribution in [2.24, 2.45) is 0 Å². The number of aromatic nitrogens is 1. The van der Waals surface area contributed by atoms with E-state index in [1.165, 1.54) is 0 Å². The van der Waals surface area contributed by atoms with E-state index in [1.807, 2.05) is 35.2 Å². The number of aliphatic hydroxyl groups excluding tert-OH is 1. The van der Waals surface area contributed by atoms with Gasteiger partial charge in [-0.1, -0.05) is 35.5 Å². The van der Waals surface area contributed by atoms with Crippen LogP contribution in [0.25, 0.3) is 11.3 Å². The zero-order valence-corrected chi connectivity index (χ0v) is 15.8. The van der Waals surface area contributed by atoms with E-state index >= 15 is 0 Å². The van der Waals surface area contributed by atoms with Gasteiger partial charge in [-0.25, -0.2) is 0 Å². The summed E-state index contributed by atoms with van der Waals surface area (Å²) in [5.74, 6) is 1.11. The van der Waals surface area contributed by atoms with Gasteiger partial charge >= 0.3 is 0 Å². The normalized spacial score (nSPS) is 27.2. The number of anilines is 1. The molecule has 1 aromatic carbocycles. The van der Waals surface area contributed by atoms with E-state index in [0.717, 1.165) is 18.4 Å². The molecule has 1 aromatic heterocycles. The fourth-order valence-electron chi connectivity index (χ4n) is 4.86. The van der Waals surface area contributed by atoms with E-state index in [0.29, 0.717) is 56.3 Å². The number of hydrogen-bond donors (Lipinski definition) is 1. The quantitative estimate of drug-likeness (QED) is 0.876. The van der Waals surface area contributed by atoms with Gasteiger partial charge in [-0.3, -0.25) is 4.79 Å². The molecular weight excluding hydrogens is 358 g/mol. The lowest BCUT2D eigenvalue weighted by molar-refractivity contribution is 0.0287. The van der Waals surface area contributed by atoms with Crippen molar-refractivity contribution in [2.75, 3.05) is 31.2 Å². The average Bonchev–Trinajstić information content (AvgIpc) is 3.29. The summed E-state index contributed by atoms with van der Waals surface area (Å²) in [7, 11) is 0. The topological polar surface area (TPSA) is 79.0 Å². The number of aliphatic hydroxyl groups is 1. The monoisotopic (exact) mass is 383 g/mol. The number of piperidine rings is 1. The molecule has 2 bridgehead atoms. The van der Waals surface area contributed by atoms with E-state index in [2.05, 4.69) is 10.1 Å². The summed E-state index contributed by atoms with van der Waals surface area (Å²) in [4.78, 5) is 17.8. The minimum Gasteiger partial charge on any atom is -0.393 e. The highest BCUT2D eigenvalue weighted by molar-refractivity contribution is 6.04. The van der Waals surface area contributed by atoms with Crippen LogP contribution in [0.5, 0.6) is 0 Å². The molecule has 3 saturated heterocycles. The SMILES string of the molecule is O=C(c1c(N2CCOCC2)noc1-c1ccccc1)N1[C@@H]2CC[C@H]1CC(O)C2. The van der Waals surface area contributed by atoms with Gasteiger partial charge in [0.05, 0.1) is 19.3 Å². The molecule has 5 rings (SSSR count). The van der Waals surface area contributed by atoms with Crippen molar-refractivity contribution in [1.29, 1.82) is 0 Å². The molecule has 28 heavy (non-hydrogen) atoms. The minimum atomic E-state index is -0.309. The number of carbonyl (C=O) groups is 1. The van der Waals surface area contributed by atoms with Gasteiger partial charge in [0.1, 0.15) is 5.56 Å². The van der Waals surface area contributed by atoms with Gasteiger partial charge < -0.3 is 24.2 Å². The van der Waals surface area contributed by atoms with Gasteiger partial charge in [-0.15, -0.1) is 0 Å². The molecule has 3 aliphatic rings. The zero-order valence-electron chi connectivity index (χ0n) is 15.8. The molecule has 148 valence electrons. The fraction of sp³-hybridized carbons (Fsp3) is 0.524. The molecule has 0 radical (unpaired) electrons. The van der Waals surface area contributed by atoms with Crippen molar-refractivity contribution in [3.63, 3.8) is 0 Å². The van der Waals surface area contributed by atoms with Gasteiger partial charge in [0.2, 0.25) is 0 Å². The third-order valence-corrected chi connectivity index (χ3v) is 6.18. The van der Waals surface area contributed by atoms with Crippen LogP contribution in [-0.2, 0) is 4.74 Å². The number of rotatable bonds is 3. The van der Waals surface area contributed by atoms with Crippen molar-refractivity contribution in [1.82, 2.24) is 10.1 Å². The summed E-state index contributed by atoms with van der Waals surface area (Å²) < 4.78 is 11.2. The molecule has 7 heteroatoms. The highest BCUT2D eigenvalue weighted by Gasteiger charge is 2.45. The lowest BCUT2D eigenvalue weighted by Gasteiger charge is -2.37. The lowest BCUT2D eigenvalue weighted by Crippen LogP contribution is -2.48. The van der Waals surface area contributed by atoms with Crippen molar-refractivity contribution in [3.8, 4) is 11.3 Å². The Hall–Kier alpha value is -2.38. The predicted molar refractivity (Wildman–Crippen MR) is 103 cm³/mol. The first-order valence-corrected chi connectivity index (χ1v) is 10.1. The third-order valence-electron chi connectivity index (χ3n) is 6.18. The van der Waals surface area contributed by atoms with Crippen molar-refractivity contribution in [2.45, 2.75) is 43.9 Å². The second-order valence-corrected chi connectivity index (χ2v) is 7.90. The number of benzene rings is 1. The molecule has 0 spiro atoms. The van der Waals surface area contributed by atoms with Gasteiger partial charge in [-0.2, -0.15) is 0 Å². The molecule has 2 aromatic rings. The molecule has 4 heterocycles. The molecule has 0 aliphatic carbocycles. The number of hydrogen-bond acceptors (Lipinski definition) is 6. The Morgan fingerprint density at radius 2 is 1.75 bits per heavy atom. The van der Waals surface area contributed by atoms with Crippen LogP contribution in [0.4, 0.5) is 5.82 Å². The molecule has 3 atom stereocenters. The summed E-state index contributed by atoms with van der Waals surface area (Å²) in [6, 6.07) is 9.87. The molecular formula is C21H25N3O4. The Morgan fingerprint density at radius 1 is 1.07 bits per heavy atom. The smallest absolute Gasteiger partial charge is 0.262 e. The van der Waals surface area contributed by atoms with Crippen LogP contribution >= 0.6 is 0 Å². The molecule has 3 fully saturated rings. The first kappa shape index (κ1) is 17.7. The number of nitrogens with zero attached hydrogens (tertiary/aromatic N) is 3. The highest BCUT2D eigenvalue weighted by atomic mass is 16.5.